The van der Waals surface area contributed by atoms with Crippen LogP contribution in [0.25, 0.3) is 6.08 Å². The molecule has 0 saturated heterocycles. The normalized spacial score (nSPS) is 12.0. The quantitative estimate of drug-likeness (QED) is 0.215. The summed E-state index contributed by atoms with van der Waals surface area (Å²) in [6.45, 7) is 0. The standard InChI is InChI=1S/C15H7F5N2O7S/c1-29-9-3-2-6(4-8(9)21(23)24)30(27,28)10(22(25)26)5-7-11(16)13(18)15(20)14(19)12(7)17/h2-5H,1H3/b10-5+. The molecule has 0 N–H and O–H groups in total. The van der Waals surface area contributed by atoms with Gasteiger partial charge in [0.1, 0.15) is 0 Å². The van der Waals surface area contributed by atoms with Crippen molar-refractivity contribution in [3.63, 3.8) is 0 Å². The van der Waals surface area contributed by atoms with Crippen LogP contribution in [0.2, 0.25) is 0 Å². The van der Waals surface area contributed by atoms with Crippen LogP contribution in [0.1, 0.15) is 5.56 Å². The minimum Gasteiger partial charge on any atom is -0.490 e. The summed E-state index contributed by atoms with van der Waals surface area (Å²) in [5.74, 6) is -12.9. The molecule has 0 atom stereocenters. The average Bonchev–Trinajstić information content (AvgIpc) is 2.69. The highest BCUT2D eigenvalue weighted by molar-refractivity contribution is 7.95. The molecule has 0 radical (unpaired) electrons. The van der Waals surface area contributed by atoms with Gasteiger partial charge < -0.3 is 4.74 Å². The second-order valence-electron chi connectivity index (χ2n) is 5.32. The third-order valence-corrected chi connectivity index (χ3v) is 5.32. The van der Waals surface area contributed by atoms with E-state index in [0.717, 1.165) is 13.2 Å². The first-order valence-corrected chi connectivity index (χ1v) is 8.77. The fraction of sp³-hybridized carbons (Fsp3) is 0.0667. The van der Waals surface area contributed by atoms with Crippen LogP contribution in [-0.2, 0) is 9.84 Å². The van der Waals surface area contributed by atoms with Gasteiger partial charge in [0.15, 0.2) is 29.0 Å². The van der Waals surface area contributed by atoms with Crippen molar-refractivity contribution < 1.29 is 45.0 Å². The zero-order valence-corrected chi connectivity index (χ0v) is 15.2. The Labute approximate surface area is 163 Å². The van der Waals surface area contributed by atoms with Crippen molar-refractivity contribution in [2.45, 2.75) is 4.90 Å². The summed E-state index contributed by atoms with van der Waals surface area (Å²) in [7, 11) is -4.30. The molecule has 0 amide bonds. The first-order valence-electron chi connectivity index (χ1n) is 7.29. The van der Waals surface area contributed by atoms with E-state index in [4.69, 9.17) is 0 Å². The van der Waals surface area contributed by atoms with Crippen molar-refractivity contribution in [3.8, 4) is 5.75 Å². The maximum absolute atomic E-state index is 13.8. The first-order chi connectivity index (χ1) is 13.8. The lowest BCUT2D eigenvalue weighted by Gasteiger charge is -2.07. The molecule has 0 aliphatic rings. The molecule has 2 aromatic rings. The minimum atomic E-state index is -5.32. The Morgan fingerprint density at radius 3 is 1.90 bits per heavy atom. The van der Waals surface area contributed by atoms with Crippen LogP contribution >= 0.6 is 0 Å². The van der Waals surface area contributed by atoms with Crippen molar-refractivity contribution >= 4 is 21.6 Å². The second kappa shape index (κ2) is 8.02. The molecule has 0 saturated carbocycles. The Morgan fingerprint density at radius 2 is 1.47 bits per heavy atom. The molecular weight excluding hydrogens is 447 g/mol. The predicted molar refractivity (Wildman–Crippen MR) is 88.0 cm³/mol. The number of ether oxygens (including phenoxy) is 1. The van der Waals surface area contributed by atoms with Crippen molar-refractivity contribution in [1.82, 2.24) is 0 Å². The molecule has 0 spiro atoms. The highest BCUT2D eigenvalue weighted by Gasteiger charge is 2.36. The minimum absolute atomic E-state index is 0.365. The second-order valence-corrected chi connectivity index (χ2v) is 7.21. The van der Waals surface area contributed by atoms with E-state index in [2.05, 4.69) is 4.74 Å². The van der Waals surface area contributed by atoms with Crippen LogP contribution < -0.4 is 4.74 Å². The van der Waals surface area contributed by atoms with Gasteiger partial charge in [0.2, 0.25) is 5.82 Å². The summed E-state index contributed by atoms with van der Waals surface area (Å²) in [6, 6.07) is 1.79. The number of hydrogen-bond donors (Lipinski definition) is 0. The topological polar surface area (TPSA) is 130 Å². The highest BCUT2D eigenvalue weighted by Crippen LogP contribution is 2.33. The zero-order chi connectivity index (χ0) is 23.0. The molecule has 15 heteroatoms. The van der Waals surface area contributed by atoms with Crippen LogP contribution in [0.4, 0.5) is 27.6 Å². The van der Waals surface area contributed by atoms with Gasteiger partial charge >= 0.3 is 10.7 Å². The Morgan fingerprint density at radius 1 is 0.967 bits per heavy atom. The summed E-state index contributed by atoms with van der Waals surface area (Å²) >= 11 is 0. The number of methoxy groups -OCH3 is 1. The van der Waals surface area contributed by atoms with Crippen LogP contribution in [0.15, 0.2) is 28.1 Å². The van der Waals surface area contributed by atoms with E-state index in [0.29, 0.717) is 12.1 Å². The largest absolute Gasteiger partial charge is 0.490 e. The molecule has 0 bridgehead atoms. The van der Waals surface area contributed by atoms with Crippen LogP contribution in [0.3, 0.4) is 0 Å². The summed E-state index contributed by atoms with van der Waals surface area (Å²) in [4.78, 5) is 18.4. The van der Waals surface area contributed by atoms with Crippen molar-refractivity contribution in [1.29, 1.82) is 0 Å². The van der Waals surface area contributed by atoms with Crippen molar-refractivity contribution in [2.24, 2.45) is 0 Å². The maximum atomic E-state index is 13.8. The van der Waals surface area contributed by atoms with E-state index in [9.17, 15) is 50.6 Å². The Bertz CT molecular complexity index is 1190. The lowest BCUT2D eigenvalue weighted by atomic mass is 10.1. The number of halogens is 5. The lowest BCUT2D eigenvalue weighted by Crippen LogP contribution is -2.14. The van der Waals surface area contributed by atoms with Crippen LogP contribution in [-0.4, -0.2) is 25.4 Å². The summed E-state index contributed by atoms with van der Waals surface area (Å²) in [5, 5.41) is 20.2. The Kier molecular flexibility index (Phi) is 6.06. The molecule has 2 rings (SSSR count). The van der Waals surface area contributed by atoms with E-state index < -0.39 is 75.7 Å². The lowest BCUT2D eigenvalue weighted by molar-refractivity contribution is -0.410. The van der Waals surface area contributed by atoms with Gasteiger partial charge in [-0.25, -0.2) is 30.4 Å². The third-order valence-electron chi connectivity index (χ3n) is 3.62. The summed E-state index contributed by atoms with van der Waals surface area (Å²) in [6.07, 6.45) is -0.373. The fourth-order valence-corrected chi connectivity index (χ4v) is 3.43. The molecule has 2 aromatic carbocycles. The van der Waals surface area contributed by atoms with E-state index >= 15 is 0 Å². The molecular formula is C15H7F5N2O7S. The monoisotopic (exact) mass is 454 g/mol. The van der Waals surface area contributed by atoms with Crippen molar-refractivity contribution in [3.05, 3.63) is 78.1 Å². The Hall–Kier alpha value is -3.62. The number of rotatable bonds is 6. The maximum Gasteiger partial charge on any atom is 0.364 e. The van der Waals surface area contributed by atoms with Gasteiger partial charge in [-0.15, -0.1) is 0 Å². The van der Waals surface area contributed by atoms with E-state index in [1.807, 2.05) is 0 Å². The zero-order valence-electron chi connectivity index (χ0n) is 14.4. The van der Waals surface area contributed by atoms with Gasteiger partial charge in [-0.1, -0.05) is 0 Å². The van der Waals surface area contributed by atoms with E-state index in [-0.39, 0.29) is 6.08 Å². The summed E-state index contributed by atoms with van der Waals surface area (Å²) in [5.41, 5.74) is -2.80. The number of nitrogens with zero attached hydrogens (tertiary/aromatic N) is 2. The molecule has 0 aromatic heterocycles. The predicted octanol–water partition coefficient (Wildman–Crippen LogP) is 3.35. The van der Waals surface area contributed by atoms with Gasteiger partial charge in [0.05, 0.1) is 27.4 Å². The molecule has 9 nitrogen and oxygen atoms in total. The SMILES string of the molecule is COc1ccc(S(=O)(=O)/C(=C/c2c(F)c(F)c(F)c(F)c2F)[N+](=O)[O-])cc1[N+](=O)[O-]. The summed E-state index contributed by atoms with van der Waals surface area (Å²) < 4.78 is 97.0. The Balaban J connectivity index is 2.81. The molecule has 0 aliphatic carbocycles. The van der Waals surface area contributed by atoms with Crippen LogP contribution in [0.5, 0.6) is 5.75 Å². The molecule has 0 heterocycles. The molecule has 160 valence electrons. The fourth-order valence-electron chi connectivity index (χ4n) is 2.20. The number of sulfone groups is 1. The number of nitro groups is 2. The molecule has 30 heavy (non-hydrogen) atoms. The third kappa shape index (κ3) is 3.78. The van der Waals surface area contributed by atoms with E-state index in [1.54, 1.807) is 0 Å². The highest BCUT2D eigenvalue weighted by atomic mass is 32.2. The van der Waals surface area contributed by atoms with Gasteiger partial charge in [-0.05, 0) is 12.1 Å². The molecule has 0 aliphatic heterocycles. The molecule has 0 fully saturated rings. The molecule has 0 unspecified atom stereocenters. The van der Waals surface area contributed by atoms with Crippen LogP contribution in [0, 0.1) is 49.3 Å². The first kappa shape index (κ1) is 22.7. The average molecular weight is 454 g/mol. The van der Waals surface area contributed by atoms with Gasteiger partial charge in [-0.2, -0.15) is 0 Å². The van der Waals surface area contributed by atoms with E-state index in [1.165, 1.54) is 0 Å². The number of benzene rings is 2. The number of hydrogen-bond acceptors (Lipinski definition) is 7. The van der Waals surface area contributed by atoms with Gasteiger partial charge in [-0.3, -0.25) is 20.2 Å². The van der Waals surface area contributed by atoms with Gasteiger partial charge in [0.25, 0.3) is 9.84 Å². The van der Waals surface area contributed by atoms with Gasteiger partial charge in [0, 0.05) is 12.1 Å². The smallest absolute Gasteiger partial charge is 0.364 e. The number of nitro benzene ring substituents is 1. The van der Waals surface area contributed by atoms with Crippen molar-refractivity contribution in [2.75, 3.05) is 7.11 Å².